The van der Waals surface area contributed by atoms with Gasteiger partial charge in [-0.25, -0.2) is 4.79 Å². The third-order valence-electron chi connectivity index (χ3n) is 4.61. The molecule has 1 aromatic carbocycles. The number of benzene rings is 1. The van der Waals surface area contributed by atoms with Crippen molar-refractivity contribution >= 4 is 17.5 Å². The molecule has 3 aliphatic heterocycles. The molecule has 2 fully saturated rings. The molecule has 0 saturated carbocycles. The number of Topliss-reactive ketones (excluding diaryl/α,β-unsaturated/α-hetero) is 1. The van der Waals surface area contributed by atoms with Gasteiger partial charge in [0, 0.05) is 6.54 Å². The van der Waals surface area contributed by atoms with E-state index in [4.69, 9.17) is 4.84 Å². The maximum absolute atomic E-state index is 12.5. The molecule has 0 unspecified atom stereocenters. The lowest BCUT2D eigenvalue weighted by molar-refractivity contribution is -0.360. The Balaban J connectivity index is 1.44. The molecule has 4 rings (SSSR count). The fourth-order valence-electron chi connectivity index (χ4n) is 3.28. The zero-order valence-corrected chi connectivity index (χ0v) is 12.6. The van der Waals surface area contributed by atoms with Crippen LogP contribution >= 0.6 is 0 Å². The van der Waals surface area contributed by atoms with Gasteiger partial charge in [0.25, 0.3) is 11.5 Å². The van der Waals surface area contributed by atoms with Crippen molar-refractivity contribution in [3.63, 3.8) is 0 Å². The van der Waals surface area contributed by atoms with Crippen molar-refractivity contribution in [2.24, 2.45) is 0 Å². The van der Waals surface area contributed by atoms with Crippen LogP contribution in [0.2, 0.25) is 0 Å². The number of hydrogen-bond donors (Lipinski definition) is 0. The zero-order chi connectivity index (χ0) is 16.0. The highest BCUT2D eigenvalue weighted by atomic mass is 16.7. The second-order valence-electron chi connectivity index (χ2n) is 6.11. The topological polar surface area (TPSA) is 75.9 Å². The summed E-state index contributed by atoms with van der Waals surface area (Å²) >= 11 is 0. The molecular formula is C16H17N3O4. The molecule has 0 radical (unpaired) electrons. The van der Waals surface area contributed by atoms with E-state index in [9.17, 15) is 14.8 Å². The lowest BCUT2D eigenvalue weighted by atomic mass is 9.96. The van der Waals surface area contributed by atoms with Crippen LogP contribution in [0.1, 0.15) is 18.4 Å². The molecule has 23 heavy (non-hydrogen) atoms. The Morgan fingerprint density at radius 2 is 2.04 bits per heavy atom. The minimum absolute atomic E-state index is 0.0252. The molecule has 0 spiro atoms. The summed E-state index contributed by atoms with van der Waals surface area (Å²) in [6.07, 6.45) is 1.29. The molecule has 2 amide bonds. The van der Waals surface area contributed by atoms with Crippen molar-refractivity contribution in [2.45, 2.75) is 31.5 Å². The molecule has 1 aromatic rings. The first kappa shape index (κ1) is 14.2. The molecular weight excluding hydrogens is 298 g/mol. The predicted octanol–water partition coefficient (Wildman–Crippen LogP) is 0.921. The van der Waals surface area contributed by atoms with E-state index in [-0.39, 0.29) is 30.1 Å². The van der Waals surface area contributed by atoms with Crippen LogP contribution in [0.15, 0.2) is 30.3 Å². The Morgan fingerprint density at radius 3 is 2.74 bits per heavy atom. The molecule has 0 N–H and O–H groups in total. The molecule has 2 bridgehead atoms. The number of hydroxylamine groups is 3. The fraction of sp³-hybridized carbons (Fsp3) is 0.438. The Hall–Kier alpha value is -2.41. The SMILES string of the molecule is O=C(C1=[N+]([O-])C1)[C@@H]1CC[C@@H]2CN1C(=O)N2OCc1ccccc1. The first-order valence-electron chi connectivity index (χ1n) is 7.76. The lowest BCUT2D eigenvalue weighted by Crippen LogP contribution is -2.46. The third-order valence-corrected chi connectivity index (χ3v) is 4.61. The van der Waals surface area contributed by atoms with Gasteiger partial charge in [0.05, 0.1) is 6.04 Å². The van der Waals surface area contributed by atoms with E-state index in [1.54, 1.807) is 4.90 Å². The number of nitrogens with zero attached hydrogens (tertiary/aromatic N) is 3. The van der Waals surface area contributed by atoms with Crippen LogP contribution in [-0.2, 0) is 16.2 Å². The first-order valence-corrected chi connectivity index (χ1v) is 7.76. The van der Waals surface area contributed by atoms with Gasteiger partial charge in [0.1, 0.15) is 12.6 Å². The number of carbonyl (C=O) groups excluding carboxylic acids is 2. The Kier molecular flexibility index (Phi) is 3.30. The summed E-state index contributed by atoms with van der Waals surface area (Å²) in [6.45, 7) is 0.979. The van der Waals surface area contributed by atoms with Gasteiger partial charge in [-0.3, -0.25) is 9.63 Å². The third kappa shape index (κ3) is 2.46. The number of carbonyl (C=O) groups is 2. The molecule has 0 aromatic heterocycles. The number of ketones is 1. The number of urea groups is 1. The van der Waals surface area contributed by atoms with Gasteiger partial charge >= 0.3 is 6.03 Å². The summed E-state index contributed by atoms with van der Waals surface area (Å²) in [6, 6.07) is 8.82. The highest BCUT2D eigenvalue weighted by molar-refractivity contribution is 6.43. The van der Waals surface area contributed by atoms with Crippen LogP contribution in [0.3, 0.4) is 0 Å². The van der Waals surface area contributed by atoms with Crippen LogP contribution < -0.4 is 0 Å². The normalized spacial score (nSPS) is 26.0. The van der Waals surface area contributed by atoms with Crippen molar-refractivity contribution in [2.75, 3.05) is 13.1 Å². The van der Waals surface area contributed by atoms with E-state index >= 15 is 0 Å². The molecule has 3 aliphatic rings. The summed E-state index contributed by atoms with van der Waals surface area (Å²) in [4.78, 5) is 32.0. The first-order chi connectivity index (χ1) is 11.1. The minimum Gasteiger partial charge on any atom is -0.623 e. The van der Waals surface area contributed by atoms with Gasteiger partial charge in [-0.05, 0) is 18.4 Å². The van der Waals surface area contributed by atoms with Crippen molar-refractivity contribution in [3.05, 3.63) is 41.1 Å². The summed E-state index contributed by atoms with van der Waals surface area (Å²) in [5.41, 5.74) is 1.27. The van der Waals surface area contributed by atoms with Crippen LogP contribution in [0, 0.1) is 5.21 Å². The second kappa shape index (κ2) is 5.34. The van der Waals surface area contributed by atoms with E-state index in [0.29, 0.717) is 30.7 Å². The van der Waals surface area contributed by atoms with E-state index in [1.807, 2.05) is 30.3 Å². The lowest BCUT2D eigenvalue weighted by Gasteiger charge is -2.27. The Bertz CT molecular complexity index is 688. The average molecular weight is 315 g/mol. The van der Waals surface area contributed by atoms with Crippen LogP contribution in [0.4, 0.5) is 4.79 Å². The Morgan fingerprint density at radius 1 is 1.30 bits per heavy atom. The summed E-state index contributed by atoms with van der Waals surface area (Å²) in [5.74, 6) is -0.211. The molecule has 2 atom stereocenters. The van der Waals surface area contributed by atoms with Gasteiger partial charge in [-0.1, -0.05) is 30.3 Å². The molecule has 120 valence electrons. The minimum atomic E-state index is -0.516. The number of amides is 2. The van der Waals surface area contributed by atoms with Gasteiger partial charge in [-0.15, -0.1) is 0 Å². The van der Waals surface area contributed by atoms with E-state index in [0.717, 1.165) is 5.56 Å². The summed E-state index contributed by atoms with van der Waals surface area (Å²) < 4.78 is 0.679. The highest BCUT2D eigenvalue weighted by Crippen LogP contribution is 2.31. The number of piperidine rings is 1. The zero-order valence-electron chi connectivity index (χ0n) is 12.6. The fourth-order valence-corrected chi connectivity index (χ4v) is 3.28. The maximum Gasteiger partial charge on any atom is 0.344 e. The Labute approximate surface area is 133 Å². The average Bonchev–Trinajstić information content (AvgIpc) is 3.26. The molecule has 7 heteroatoms. The molecule has 0 aliphatic carbocycles. The molecule has 3 heterocycles. The van der Waals surface area contributed by atoms with Crippen molar-refractivity contribution in [3.8, 4) is 0 Å². The van der Waals surface area contributed by atoms with E-state index in [1.165, 1.54) is 5.06 Å². The van der Waals surface area contributed by atoms with Crippen LogP contribution in [-0.4, -0.2) is 57.4 Å². The second-order valence-corrected chi connectivity index (χ2v) is 6.11. The quantitative estimate of drug-likeness (QED) is 0.598. The van der Waals surface area contributed by atoms with Crippen LogP contribution in [0.5, 0.6) is 0 Å². The van der Waals surface area contributed by atoms with E-state index in [2.05, 4.69) is 0 Å². The monoisotopic (exact) mass is 315 g/mol. The standard InChI is InChI=1S/C16H17N3O4/c20-15(14-9-18(14)22)13-7-6-12-8-17(13)16(21)19(12)23-10-11-4-2-1-3-5-11/h1-5,12-13H,6-10H2/t12-,13+/m1/s1. The smallest absolute Gasteiger partial charge is 0.344 e. The van der Waals surface area contributed by atoms with E-state index < -0.39 is 6.04 Å². The van der Waals surface area contributed by atoms with Crippen molar-refractivity contribution in [1.82, 2.24) is 9.96 Å². The van der Waals surface area contributed by atoms with Gasteiger partial charge in [0.15, 0.2) is 0 Å². The summed E-state index contributed by atoms with van der Waals surface area (Å²) in [7, 11) is 0. The van der Waals surface area contributed by atoms with Crippen LogP contribution in [0.25, 0.3) is 0 Å². The van der Waals surface area contributed by atoms with Crippen molar-refractivity contribution in [1.29, 1.82) is 0 Å². The largest absolute Gasteiger partial charge is 0.623 e. The number of rotatable bonds is 5. The molecule has 2 saturated heterocycles. The van der Waals surface area contributed by atoms with Gasteiger partial charge in [-0.2, -0.15) is 9.80 Å². The predicted molar refractivity (Wildman–Crippen MR) is 80.5 cm³/mol. The van der Waals surface area contributed by atoms with Crippen molar-refractivity contribution < 1.29 is 19.2 Å². The number of hydrogen-bond acceptors (Lipinski definition) is 4. The number of fused-ring (bicyclic) bond motifs is 2. The molecule has 7 nitrogen and oxygen atoms in total. The maximum atomic E-state index is 12.5. The van der Waals surface area contributed by atoms with Gasteiger partial charge < -0.3 is 10.1 Å². The summed E-state index contributed by atoms with van der Waals surface area (Å²) in [5, 5.41) is 12.5. The van der Waals surface area contributed by atoms with Gasteiger partial charge in [0.2, 0.25) is 6.54 Å². The highest BCUT2D eigenvalue weighted by Gasteiger charge is 2.51.